The zero-order chi connectivity index (χ0) is 29.6. The van der Waals surface area contributed by atoms with Gasteiger partial charge in [0, 0.05) is 49.6 Å². The summed E-state index contributed by atoms with van der Waals surface area (Å²) in [5.41, 5.74) is 2.86. The van der Waals surface area contributed by atoms with E-state index < -0.39 is 11.4 Å². The lowest BCUT2D eigenvalue weighted by atomic mass is 9.72. The van der Waals surface area contributed by atoms with Crippen molar-refractivity contribution in [2.75, 3.05) is 26.7 Å². The number of benzene rings is 3. The number of nitrogens with zero attached hydrogens (tertiary/aromatic N) is 1. The van der Waals surface area contributed by atoms with Gasteiger partial charge in [-0.25, -0.2) is 4.39 Å². The Morgan fingerprint density at radius 3 is 2.63 bits per heavy atom. The van der Waals surface area contributed by atoms with Crippen LogP contribution in [0, 0.1) is 18.7 Å². The first-order valence-electron chi connectivity index (χ1n) is 14.2. The van der Waals surface area contributed by atoms with Gasteiger partial charge in [0.05, 0.1) is 11.2 Å². The van der Waals surface area contributed by atoms with Crippen LogP contribution in [-0.2, 0) is 16.9 Å². The average Bonchev–Trinajstić information content (AvgIpc) is 2.95. The summed E-state index contributed by atoms with van der Waals surface area (Å²) in [5, 5.41) is 19.0. The van der Waals surface area contributed by atoms with Gasteiger partial charge in [0.2, 0.25) is 5.91 Å². The molecule has 0 radical (unpaired) electrons. The average molecular weight is 580 g/mol. The smallest absolute Gasteiger partial charge is 0.256 e. The SMILES string of the molecule is CNCc1ccc(C(=O)N2CCC[C@@H](C(O)(CCCNC(C)=O)c3cccc(Cl)c3-c3cccc(C)c3)C2)c(F)c1. The first kappa shape index (κ1) is 30.7. The summed E-state index contributed by atoms with van der Waals surface area (Å²) in [6.45, 7) is 5.15. The van der Waals surface area contributed by atoms with E-state index in [1.54, 1.807) is 24.1 Å². The van der Waals surface area contributed by atoms with Gasteiger partial charge in [0.25, 0.3) is 5.91 Å². The number of halogens is 2. The quantitative estimate of drug-likeness (QED) is 0.264. The van der Waals surface area contributed by atoms with Crippen LogP contribution in [0.2, 0.25) is 5.02 Å². The Morgan fingerprint density at radius 1 is 1.15 bits per heavy atom. The zero-order valence-corrected chi connectivity index (χ0v) is 24.7. The molecule has 1 aliphatic rings. The van der Waals surface area contributed by atoms with Crippen molar-refractivity contribution < 1.29 is 19.1 Å². The minimum Gasteiger partial charge on any atom is -0.385 e. The summed E-state index contributed by atoms with van der Waals surface area (Å²) in [5.74, 6) is -1.39. The van der Waals surface area contributed by atoms with Gasteiger partial charge < -0.3 is 20.6 Å². The van der Waals surface area contributed by atoms with Gasteiger partial charge in [0.15, 0.2) is 0 Å². The number of aliphatic hydroxyl groups is 1. The van der Waals surface area contributed by atoms with Gasteiger partial charge in [-0.3, -0.25) is 9.59 Å². The molecule has 0 aromatic heterocycles. The first-order chi connectivity index (χ1) is 19.6. The summed E-state index contributed by atoms with van der Waals surface area (Å²) < 4.78 is 15.0. The fraction of sp³-hybridized carbons (Fsp3) is 0.394. The van der Waals surface area contributed by atoms with E-state index in [1.165, 1.54) is 13.0 Å². The highest BCUT2D eigenvalue weighted by molar-refractivity contribution is 6.33. The monoisotopic (exact) mass is 579 g/mol. The topological polar surface area (TPSA) is 81.7 Å². The third-order valence-electron chi connectivity index (χ3n) is 7.92. The zero-order valence-electron chi connectivity index (χ0n) is 24.0. The van der Waals surface area contributed by atoms with Gasteiger partial charge in [-0.05, 0) is 74.5 Å². The molecule has 41 heavy (non-hydrogen) atoms. The molecule has 6 nitrogen and oxygen atoms in total. The molecule has 3 aromatic carbocycles. The second-order valence-corrected chi connectivity index (χ2v) is 11.4. The third-order valence-corrected chi connectivity index (χ3v) is 8.24. The molecule has 1 saturated heterocycles. The van der Waals surface area contributed by atoms with Crippen LogP contribution in [0.1, 0.15) is 59.7 Å². The Hall–Kier alpha value is -3.26. The summed E-state index contributed by atoms with van der Waals surface area (Å²) >= 11 is 6.80. The molecule has 0 bridgehead atoms. The van der Waals surface area contributed by atoms with E-state index in [4.69, 9.17) is 11.6 Å². The lowest BCUT2D eigenvalue weighted by Crippen LogP contribution is -2.48. The van der Waals surface area contributed by atoms with Crippen LogP contribution >= 0.6 is 11.6 Å². The Kier molecular flexibility index (Phi) is 10.2. The van der Waals surface area contributed by atoms with Crippen molar-refractivity contribution in [1.29, 1.82) is 0 Å². The van der Waals surface area contributed by atoms with Gasteiger partial charge in [0.1, 0.15) is 5.82 Å². The fourth-order valence-electron chi connectivity index (χ4n) is 5.93. The highest BCUT2D eigenvalue weighted by Gasteiger charge is 2.43. The van der Waals surface area contributed by atoms with E-state index in [9.17, 15) is 19.1 Å². The molecule has 1 heterocycles. The Bertz CT molecular complexity index is 1400. The van der Waals surface area contributed by atoms with Crippen LogP contribution in [0.3, 0.4) is 0 Å². The molecular formula is C33H39ClFN3O3. The minimum atomic E-state index is -1.35. The van der Waals surface area contributed by atoms with Crippen LogP contribution in [0.25, 0.3) is 11.1 Å². The molecule has 1 unspecified atom stereocenters. The predicted molar refractivity (Wildman–Crippen MR) is 161 cm³/mol. The van der Waals surface area contributed by atoms with Crippen LogP contribution in [0.15, 0.2) is 60.7 Å². The fourth-order valence-corrected chi connectivity index (χ4v) is 6.21. The molecule has 4 rings (SSSR count). The van der Waals surface area contributed by atoms with Crippen molar-refractivity contribution >= 4 is 23.4 Å². The maximum absolute atomic E-state index is 15.0. The van der Waals surface area contributed by atoms with Crippen molar-refractivity contribution in [2.45, 2.75) is 51.7 Å². The molecule has 2 atom stereocenters. The maximum Gasteiger partial charge on any atom is 0.256 e. The second-order valence-electron chi connectivity index (χ2n) is 11.0. The van der Waals surface area contributed by atoms with E-state index in [1.807, 2.05) is 49.4 Å². The van der Waals surface area contributed by atoms with E-state index in [0.717, 1.165) is 22.3 Å². The Balaban J connectivity index is 1.70. The van der Waals surface area contributed by atoms with Crippen molar-refractivity contribution in [2.24, 2.45) is 5.92 Å². The molecule has 1 aliphatic heterocycles. The molecule has 2 amide bonds. The molecule has 218 valence electrons. The van der Waals surface area contributed by atoms with Crippen LogP contribution < -0.4 is 10.6 Å². The van der Waals surface area contributed by atoms with Crippen molar-refractivity contribution in [1.82, 2.24) is 15.5 Å². The highest BCUT2D eigenvalue weighted by atomic mass is 35.5. The molecule has 0 aliphatic carbocycles. The second kappa shape index (κ2) is 13.6. The largest absolute Gasteiger partial charge is 0.385 e. The molecule has 3 N–H and O–H groups in total. The summed E-state index contributed by atoms with van der Waals surface area (Å²) in [6.07, 6.45) is 2.24. The van der Waals surface area contributed by atoms with E-state index in [-0.39, 0.29) is 29.8 Å². The normalized spacial score (nSPS) is 16.7. The summed E-state index contributed by atoms with van der Waals surface area (Å²) in [6, 6.07) is 18.2. The van der Waals surface area contributed by atoms with Crippen molar-refractivity contribution in [3.63, 3.8) is 0 Å². The number of amides is 2. The number of aryl methyl sites for hydroxylation is 1. The van der Waals surface area contributed by atoms with E-state index >= 15 is 0 Å². The number of hydrogen-bond donors (Lipinski definition) is 3. The number of likely N-dealkylation sites (tertiary alicyclic amines) is 1. The number of rotatable bonds is 10. The van der Waals surface area contributed by atoms with Crippen LogP contribution in [-0.4, -0.2) is 48.5 Å². The van der Waals surface area contributed by atoms with Crippen molar-refractivity contribution in [3.8, 4) is 11.1 Å². The molecule has 0 spiro atoms. The van der Waals surface area contributed by atoms with Gasteiger partial charge in [-0.15, -0.1) is 0 Å². The maximum atomic E-state index is 15.0. The lowest BCUT2D eigenvalue weighted by molar-refractivity contribution is -0.119. The lowest BCUT2D eigenvalue weighted by Gasteiger charge is -2.44. The number of carbonyl (C=O) groups excluding carboxylic acids is 2. The Labute approximate surface area is 246 Å². The standard InChI is InChI=1S/C33H39ClFN3O3/c1-22-8-4-9-25(18-22)31-28(11-5-12-29(31)34)33(41,15-7-16-37-23(2)39)26-10-6-17-38(21-26)32(40)27-14-13-24(20-36-3)19-30(27)35/h4-5,8-9,11-14,18-19,26,36,41H,6-7,10,15-17,20-21H2,1-3H3,(H,37,39)/t26-,33?/m1/s1. The molecule has 8 heteroatoms. The van der Waals surface area contributed by atoms with Gasteiger partial charge in [-0.2, -0.15) is 0 Å². The summed E-state index contributed by atoms with van der Waals surface area (Å²) in [7, 11) is 1.78. The van der Waals surface area contributed by atoms with Gasteiger partial charge in [-0.1, -0.05) is 59.6 Å². The van der Waals surface area contributed by atoms with E-state index in [2.05, 4.69) is 10.6 Å². The van der Waals surface area contributed by atoms with E-state index in [0.29, 0.717) is 55.9 Å². The third kappa shape index (κ3) is 7.15. The first-order valence-corrected chi connectivity index (χ1v) is 14.6. The number of hydrogen-bond acceptors (Lipinski definition) is 4. The highest BCUT2D eigenvalue weighted by Crippen LogP contribution is 2.45. The molecule has 0 saturated carbocycles. The number of carbonyl (C=O) groups is 2. The van der Waals surface area contributed by atoms with Crippen LogP contribution in [0.5, 0.6) is 0 Å². The van der Waals surface area contributed by atoms with Crippen molar-refractivity contribution in [3.05, 3.63) is 93.8 Å². The summed E-state index contributed by atoms with van der Waals surface area (Å²) in [4.78, 5) is 26.7. The van der Waals surface area contributed by atoms with Gasteiger partial charge >= 0.3 is 0 Å². The molecule has 1 fully saturated rings. The number of nitrogens with one attached hydrogen (secondary N) is 2. The Morgan fingerprint density at radius 2 is 1.93 bits per heavy atom. The predicted octanol–water partition coefficient (Wildman–Crippen LogP) is 5.83. The minimum absolute atomic E-state index is 0.0305. The molecular weight excluding hydrogens is 541 g/mol. The van der Waals surface area contributed by atoms with Crippen LogP contribution in [0.4, 0.5) is 4.39 Å². The molecule has 3 aromatic rings. The number of piperidine rings is 1.